The molecule has 3 heteroatoms. The van der Waals surface area contributed by atoms with Crippen molar-refractivity contribution in [1.29, 1.82) is 0 Å². The zero-order chi connectivity index (χ0) is 11.7. The van der Waals surface area contributed by atoms with Crippen molar-refractivity contribution in [3.63, 3.8) is 0 Å². The first-order valence-corrected chi connectivity index (χ1v) is 7.38. The van der Waals surface area contributed by atoms with Gasteiger partial charge in [0, 0.05) is 25.0 Å². The molecule has 2 saturated heterocycles. The second kappa shape index (κ2) is 5.25. The molecule has 2 heterocycles. The predicted octanol–water partition coefficient (Wildman–Crippen LogP) is 1.47. The molecule has 0 bridgehead atoms. The van der Waals surface area contributed by atoms with Crippen LogP contribution in [0.2, 0.25) is 0 Å². The van der Waals surface area contributed by atoms with Crippen molar-refractivity contribution >= 4 is 0 Å². The highest BCUT2D eigenvalue weighted by Gasteiger charge is 2.33. The van der Waals surface area contributed by atoms with E-state index in [9.17, 15) is 0 Å². The van der Waals surface area contributed by atoms with Crippen molar-refractivity contribution in [2.24, 2.45) is 23.5 Å². The van der Waals surface area contributed by atoms with E-state index in [0.717, 1.165) is 25.0 Å². The van der Waals surface area contributed by atoms with Crippen LogP contribution in [-0.4, -0.2) is 43.8 Å². The lowest BCUT2D eigenvalue weighted by Gasteiger charge is -2.42. The molecule has 98 valence electrons. The largest absolute Gasteiger partial charge is 0.379 e. The van der Waals surface area contributed by atoms with E-state index in [1.54, 1.807) is 0 Å². The standard InChI is InChI=1S/C14H26N2O/c15-14-10-17-9-13(14)8-16-6-5-11-3-1-2-4-12(11)7-16/h11-14H,1-10,15H2. The van der Waals surface area contributed by atoms with Gasteiger partial charge in [0.05, 0.1) is 13.2 Å². The Bertz CT molecular complexity index is 259. The van der Waals surface area contributed by atoms with Gasteiger partial charge in [-0.05, 0) is 31.2 Å². The zero-order valence-corrected chi connectivity index (χ0v) is 10.8. The number of piperidine rings is 1. The fraction of sp³-hybridized carbons (Fsp3) is 1.00. The lowest BCUT2D eigenvalue weighted by molar-refractivity contribution is 0.0718. The summed E-state index contributed by atoms with van der Waals surface area (Å²) in [6.45, 7) is 5.44. The maximum atomic E-state index is 6.08. The average Bonchev–Trinajstić information content (AvgIpc) is 2.75. The lowest BCUT2D eigenvalue weighted by atomic mass is 9.75. The number of rotatable bonds is 2. The quantitative estimate of drug-likeness (QED) is 0.792. The van der Waals surface area contributed by atoms with Gasteiger partial charge in [-0.3, -0.25) is 0 Å². The molecule has 17 heavy (non-hydrogen) atoms. The Morgan fingerprint density at radius 2 is 1.88 bits per heavy atom. The molecule has 4 unspecified atom stereocenters. The molecule has 1 saturated carbocycles. The number of likely N-dealkylation sites (tertiary alicyclic amines) is 1. The summed E-state index contributed by atoms with van der Waals surface area (Å²) in [6.07, 6.45) is 7.32. The van der Waals surface area contributed by atoms with E-state index < -0.39 is 0 Å². The van der Waals surface area contributed by atoms with Crippen LogP contribution in [0.15, 0.2) is 0 Å². The van der Waals surface area contributed by atoms with Crippen LogP contribution in [0.1, 0.15) is 32.1 Å². The topological polar surface area (TPSA) is 38.5 Å². The number of fused-ring (bicyclic) bond motifs is 1. The van der Waals surface area contributed by atoms with E-state index in [1.807, 2.05) is 0 Å². The Kier molecular flexibility index (Phi) is 3.69. The summed E-state index contributed by atoms with van der Waals surface area (Å²) >= 11 is 0. The molecule has 3 fully saturated rings. The predicted molar refractivity (Wildman–Crippen MR) is 68.8 cm³/mol. The molecular weight excluding hydrogens is 212 g/mol. The lowest BCUT2D eigenvalue weighted by Crippen LogP contribution is -2.46. The van der Waals surface area contributed by atoms with Gasteiger partial charge < -0.3 is 15.4 Å². The molecule has 0 radical (unpaired) electrons. The van der Waals surface area contributed by atoms with Gasteiger partial charge in [0.25, 0.3) is 0 Å². The SMILES string of the molecule is NC1COCC1CN1CCC2CCCCC2C1. The summed E-state index contributed by atoms with van der Waals surface area (Å²) in [5, 5.41) is 0. The van der Waals surface area contributed by atoms with Gasteiger partial charge >= 0.3 is 0 Å². The highest BCUT2D eigenvalue weighted by molar-refractivity contribution is 4.87. The van der Waals surface area contributed by atoms with Crippen molar-refractivity contribution in [2.45, 2.75) is 38.1 Å². The van der Waals surface area contributed by atoms with Crippen molar-refractivity contribution < 1.29 is 4.74 Å². The molecule has 3 nitrogen and oxygen atoms in total. The zero-order valence-electron chi connectivity index (χ0n) is 10.8. The fourth-order valence-corrected chi connectivity index (χ4v) is 3.98. The molecule has 1 aliphatic carbocycles. The molecule has 0 amide bonds. The van der Waals surface area contributed by atoms with Gasteiger partial charge in [-0.15, -0.1) is 0 Å². The smallest absolute Gasteiger partial charge is 0.0621 e. The molecule has 0 aromatic rings. The molecule has 3 aliphatic rings. The van der Waals surface area contributed by atoms with Gasteiger partial charge in [0.15, 0.2) is 0 Å². The third-order valence-electron chi connectivity index (χ3n) is 5.12. The first-order chi connectivity index (χ1) is 8.33. The summed E-state index contributed by atoms with van der Waals surface area (Å²) in [4.78, 5) is 2.66. The van der Waals surface area contributed by atoms with Crippen molar-refractivity contribution in [2.75, 3.05) is 32.8 Å². The molecule has 2 aliphatic heterocycles. The van der Waals surface area contributed by atoms with Crippen LogP contribution >= 0.6 is 0 Å². The highest BCUT2D eigenvalue weighted by atomic mass is 16.5. The summed E-state index contributed by atoms with van der Waals surface area (Å²) in [5.41, 5.74) is 6.08. The van der Waals surface area contributed by atoms with Crippen LogP contribution in [0, 0.1) is 17.8 Å². The molecular formula is C14H26N2O. The summed E-state index contributed by atoms with van der Waals surface area (Å²) < 4.78 is 5.47. The maximum Gasteiger partial charge on any atom is 0.0621 e. The van der Waals surface area contributed by atoms with Crippen LogP contribution < -0.4 is 5.73 Å². The van der Waals surface area contributed by atoms with Gasteiger partial charge in [0.2, 0.25) is 0 Å². The first-order valence-electron chi connectivity index (χ1n) is 7.38. The van der Waals surface area contributed by atoms with E-state index >= 15 is 0 Å². The third-order valence-corrected chi connectivity index (χ3v) is 5.12. The Morgan fingerprint density at radius 3 is 2.65 bits per heavy atom. The van der Waals surface area contributed by atoms with Gasteiger partial charge in [-0.2, -0.15) is 0 Å². The van der Waals surface area contributed by atoms with Gasteiger partial charge in [-0.1, -0.05) is 19.3 Å². The number of nitrogens with zero attached hydrogens (tertiary/aromatic N) is 1. The van der Waals surface area contributed by atoms with Crippen LogP contribution in [-0.2, 0) is 4.74 Å². The van der Waals surface area contributed by atoms with Crippen molar-refractivity contribution in [3.05, 3.63) is 0 Å². The summed E-state index contributed by atoms with van der Waals surface area (Å²) in [6, 6.07) is 0.277. The minimum atomic E-state index is 0.277. The Balaban J connectivity index is 1.51. The molecule has 0 aromatic heterocycles. The van der Waals surface area contributed by atoms with Crippen LogP contribution in [0.3, 0.4) is 0 Å². The maximum absolute atomic E-state index is 6.08. The number of ether oxygens (including phenoxy) is 1. The number of nitrogens with two attached hydrogens (primary N) is 1. The van der Waals surface area contributed by atoms with Crippen LogP contribution in [0.4, 0.5) is 0 Å². The number of hydrogen-bond donors (Lipinski definition) is 1. The first kappa shape index (κ1) is 11.9. The summed E-state index contributed by atoms with van der Waals surface area (Å²) in [5.74, 6) is 2.60. The number of hydrogen-bond acceptors (Lipinski definition) is 3. The molecule has 0 spiro atoms. The average molecular weight is 238 g/mol. The van der Waals surface area contributed by atoms with Crippen molar-refractivity contribution in [3.8, 4) is 0 Å². The van der Waals surface area contributed by atoms with E-state index in [-0.39, 0.29) is 6.04 Å². The third kappa shape index (κ3) is 2.67. The van der Waals surface area contributed by atoms with Crippen LogP contribution in [0.25, 0.3) is 0 Å². The molecule has 3 rings (SSSR count). The van der Waals surface area contributed by atoms with Gasteiger partial charge in [-0.25, -0.2) is 0 Å². The Labute approximate surface area is 105 Å². The summed E-state index contributed by atoms with van der Waals surface area (Å²) in [7, 11) is 0. The molecule has 2 N–H and O–H groups in total. The fourth-order valence-electron chi connectivity index (χ4n) is 3.98. The molecule has 0 aromatic carbocycles. The Hall–Kier alpha value is -0.120. The van der Waals surface area contributed by atoms with Crippen molar-refractivity contribution in [1.82, 2.24) is 4.90 Å². The normalized spacial score (nSPS) is 43.6. The Morgan fingerprint density at radius 1 is 1.06 bits per heavy atom. The van der Waals surface area contributed by atoms with E-state index in [4.69, 9.17) is 10.5 Å². The molecule has 4 atom stereocenters. The second-order valence-corrected chi connectivity index (χ2v) is 6.31. The highest BCUT2D eigenvalue weighted by Crippen LogP contribution is 2.36. The minimum absolute atomic E-state index is 0.277. The second-order valence-electron chi connectivity index (χ2n) is 6.31. The van der Waals surface area contributed by atoms with Gasteiger partial charge in [0.1, 0.15) is 0 Å². The van der Waals surface area contributed by atoms with E-state index in [0.29, 0.717) is 5.92 Å². The monoisotopic (exact) mass is 238 g/mol. The van der Waals surface area contributed by atoms with E-state index in [1.165, 1.54) is 51.7 Å². The van der Waals surface area contributed by atoms with E-state index in [2.05, 4.69) is 4.90 Å². The van der Waals surface area contributed by atoms with Crippen LogP contribution in [0.5, 0.6) is 0 Å². The minimum Gasteiger partial charge on any atom is -0.379 e.